The van der Waals surface area contributed by atoms with E-state index in [1.165, 1.54) is 5.56 Å². The van der Waals surface area contributed by atoms with Crippen molar-refractivity contribution in [2.24, 2.45) is 4.99 Å². The number of hydrogen-bond acceptors (Lipinski definition) is 3. The van der Waals surface area contributed by atoms with Crippen LogP contribution in [-0.2, 0) is 13.0 Å². The number of pyridine rings is 1. The molecule has 0 saturated heterocycles. The molecule has 0 atom stereocenters. The summed E-state index contributed by atoms with van der Waals surface area (Å²) in [5.74, 6) is 0.883. The Kier molecular flexibility index (Phi) is 9.22. The molecular weight excluding hydrogens is 322 g/mol. The van der Waals surface area contributed by atoms with Crippen LogP contribution in [0.5, 0.6) is 0 Å². The number of aromatic nitrogens is 1. The van der Waals surface area contributed by atoms with Crippen molar-refractivity contribution >= 4 is 5.96 Å². The molecule has 1 aromatic carbocycles. The molecule has 2 aromatic rings. The summed E-state index contributed by atoms with van der Waals surface area (Å²) in [7, 11) is 2.16. The van der Waals surface area contributed by atoms with E-state index in [-0.39, 0.29) is 0 Å². The molecule has 1 aromatic heterocycles. The van der Waals surface area contributed by atoms with Crippen LogP contribution < -0.4 is 10.6 Å². The number of hydrogen-bond donors (Lipinski definition) is 2. The van der Waals surface area contributed by atoms with Gasteiger partial charge < -0.3 is 15.5 Å². The Labute approximate surface area is 157 Å². The molecule has 0 saturated carbocycles. The van der Waals surface area contributed by atoms with Gasteiger partial charge in [-0.1, -0.05) is 36.4 Å². The van der Waals surface area contributed by atoms with Crippen LogP contribution in [-0.4, -0.2) is 49.1 Å². The Morgan fingerprint density at radius 1 is 1.08 bits per heavy atom. The lowest BCUT2D eigenvalue weighted by molar-refractivity contribution is 0.324. The molecule has 26 heavy (non-hydrogen) atoms. The molecule has 2 N–H and O–H groups in total. The normalized spacial score (nSPS) is 11.6. The number of nitrogens with zero attached hydrogens (tertiary/aromatic N) is 3. The molecule has 0 spiro atoms. The number of benzene rings is 1. The van der Waals surface area contributed by atoms with Gasteiger partial charge in [-0.05, 0) is 44.6 Å². The van der Waals surface area contributed by atoms with Crippen molar-refractivity contribution in [3.8, 4) is 0 Å². The van der Waals surface area contributed by atoms with E-state index in [0.717, 1.165) is 57.2 Å². The van der Waals surface area contributed by atoms with Crippen LogP contribution in [0.3, 0.4) is 0 Å². The van der Waals surface area contributed by atoms with Gasteiger partial charge in [0.1, 0.15) is 0 Å². The summed E-state index contributed by atoms with van der Waals surface area (Å²) in [5.41, 5.74) is 2.45. The first-order valence-corrected chi connectivity index (χ1v) is 9.42. The van der Waals surface area contributed by atoms with Crippen molar-refractivity contribution in [3.05, 3.63) is 66.0 Å². The van der Waals surface area contributed by atoms with Gasteiger partial charge in [0.15, 0.2) is 5.96 Å². The molecule has 0 radical (unpaired) electrons. The highest BCUT2D eigenvalue weighted by atomic mass is 15.2. The number of guanidine groups is 1. The highest BCUT2D eigenvalue weighted by Gasteiger charge is 2.01. The quantitative estimate of drug-likeness (QED) is 0.392. The van der Waals surface area contributed by atoms with Crippen molar-refractivity contribution in [1.82, 2.24) is 20.5 Å². The van der Waals surface area contributed by atoms with Crippen molar-refractivity contribution in [2.75, 3.05) is 33.2 Å². The van der Waals surface area contributed by atoms with Gasteiger partial charge in [-0.25, -0.2) is 0 Å². The van der Waals surface area contributed by atoms with Gasteiger partial charge in [0, 0.05) is 44.5 Å². The van der Waals surface area contributed by atoms with E-state index < -0.39 is 0 Å². The monoisotopic (exact) mass is 353 g/mol. The summed E-state index contributed by atoms with van der Waals surface area (Å²) in [6, 6.07) is 16.6. The van der Waals surface area contributed by atoms with E-state index in [1.54, 1.807) is 0 Å². The minimum atomic E-state index is 0.818. The summed E-state index contributed by atoms with van der Waals surface area (Å²) in [4.78, 5) is 11.4. The maximum Gasteiger partial charge on any atom is 0.191 e. The van der Waals surface area contributed by atoms with E-state index in [4.69, 9.17) is 0 Å². The first-order chi connectivity index (χ1) is 12.8. The Balaban J connectivity index is 1.67. The predicted molar refractivity (Wildman–Crippen MR) is 109 cm³/mol. The Bertz CT molecular complexity index is 627. The van der Waals surface area contributed by atoms with Gasteiger partial charge in [-0.2, -0.15) is 0 Å². The number of nitrogens with one attached hydrogen (secondary N) is 2. The second-order valence-corrected chi connectivity index (χ2v) is 6.34. The minimum absolute atomic E-state index is 0.818. The zero-order valence-electron chi connectivity index (χ0n) is 16.0. The topological polar surface area (TPSA) is 52.6 Å². The SMILES string of the molecule is CCNC(=NCCCN(C)Cc1ccccc1)NCCc1ccccn1. The second-order valence-electron chi connectivity index (χ2n) is 6.34. The van der Waals surface area contributed by atoms with Gasteiger partial charge in [0.25, 0.3) is 0 Å². The molecule has 5 nitrogen and oxygen atoms in total. The van der Waals surface area contributed by atoms with E-state index in [1.807, 2.05) is 24.4 Å². The highest BCUT2D eigenvalue weighted by Crippen LogP contribution is 2.02. The van der Waals surface area contributed by atoms with Crippen LogP contribution in [0.15, 0.2) is 59.7 Å². The first kappa shape index (κ1) is 19.9. The smallest absolute Gasteiger partial charge is 0.191 e. The van der Waals surface area contributed by atoms with E-state index in [2.05, 4.69) is 69.8 Å². The Morgan fingerprint density at radius 2 is 1.88 bits per heavy atom. The molecule has 140 valence electrons. The third-order valence-corrected chi connectivity index (χ3v) is 4.01. The minimum Gasteiger partial charge on any atom is -0.357 e. The largest absolute Gasteiger partial charge is 0.357 e. The number of rotatable bonds is 10. The van der Waals surface area contributed by atoms with Gasteiger partial charge in [-0.3, -0.25) is 9.98 Å². The fourth-order valence-corrected chi connectivity index (χ4v) is 2.70. The van der Waals surface area contributed by atoms with Crippen LogP contribution in [0.4, 0.5) is 0 Å². The van der Waals surface area contributed by atoms with Gasteiger partial charge >= 0.3 is 0 Å². The molecule has 5 heteroatoms. The highest BCUT2D eigenvalue weighted by molar-refractivity contribution is 5.79. The molecule has 0 aliphatic heterocycles. The van der Waals surface area contributed by atoms with Crippen LogP contribution in [0.25, 0.3) is 0 Å². The van der Waals surface area contributed by atoms with Gasteiger partial charge in [0.2, 0.25) is 0 Å². The molecule has 0 amide bonds. The summed E-state index contributed by atoms with van der Waals surface area (Å²) >= 11 is 0. The maximum absolute atomic E-state index is 4.67. The van der Waals surface area contributed by atoms with E-state index in [0.29, 0.717) is 0 Å². The Morgan fingerprint density at radius 3 is 2.62 bits per heavy atom. The first-order valence-electron chi connectivity index (χ1n) is 9.42. The molecule has 2 rings (SSSR count). The lowest BCUT2D eigenvalue weighted by Gasteiger charge is -2.16. The average molecular weight is 354 g/mol. The standard InChI is InChI=1S/C21H31N5/c1-3-22-21(25-16-13-20-12-7-8-14-23-20)24-15-9-17-26(2)18-19-10-5-4-6-11-19/h4-8,10-12,14H,3,9,13,15-18H2,1-2H3,(H2,22,24,25). The molecule has 0 aliphatic carbocycles. The lowest BCUT2D eigenvalue weighted by Crippen LogP contribution is -2.38. The molecule has 1 heterocycles. The fraction of sp³-hybridized carbons (Fsp3) is 0.429. The lowest BCUT2D eigenvalue weighted by atomic mass is 10.2. The zero-order valence-corrected chi connectivity index (χ0v) is 16.0. The summed E-state index contributed by atoms with van der Waals surface area (Å²) < 4.78 is 0. The van der Waals surface area contributed by atoms with Crippen LogP contribution in [0, 0.1) is 0 Å². The Hall–Kier alpha value is -2.40. The molecule has 0 unspecified atom stereocenters. The zero-order chi connectivity index (χ0) is 18.5. The third kappa shape index (κ3) is 8.12. The van der Waals surface area contributed by atoms with Crippen LogP contribution >= 0.6 is 0 Å². The molecule has 0 fully saturated rings. The predicted octanol–water partition coefficient (Wildman–Crippen LogP) is 2.70. The summed E-state index contributed by atoms with van der Waals surface area (Å²) in [5, 5.41) is 6.68. The average Bonchev–Trinajstić information content (AvgIpc) is 2.67. The van der Waals surface area contributed by atoms with Crippen molar-refractivity contribution in [3.63, 3.8) is 0 Å². The fourth-order valence-electron chi connectivity index (χ4n) is 2.70. The molecule has 0 aliphatic rings. The molecular formula is C21H31N5. The van der Waals surface area contributed by atoms with Crippen molar-refractivity contribution < 1.29 is 0 Å². The third-order valence-electron chi connectivity index (χ3n) is 4.01. The van der Waals surface area contributed by atoms with Crippen LogP contribution in [0.2, 0.25) is 0 Å². The second kappa shape index (κ2) is 12.0. The van der Waals surface area contributed by atoms with Gasteiger partial charge in [-0.15, -0.1) is 0 Å². The summed E-state index contributed by atoms with van der Waals surface area (Å²) in [6.45, 7) is 6.61. The summed E-state index contributed by atoms with van der Waals surface area (Å²) in [6.07, 6.45) is 3.77. The van der Waals surface area contributed by atoms with Crippen LogP contribution in [0.1, 0.15) is 24.6 Å². The van der Waals surface area contributed by atoms with Gasteiger partial charge in [0.05, 0.1) is 0 Å². The molecule has 0 bridgehead atoms. The maximum atomic E-state index is 4.67. The van der Waals surface area contributed by atoms with Crippen molar-refractivity contribution in [1.29, 1.82) is 0 Å². The van der Waals surface area contributed by atoms with Crippen molar-refractivity contribution in [2.45, 2.75) is 26.3 Å². The number of aliphatic imine (C=N–C) groups is 1. The van der Waals surface area contributed by atoms with E-state index in [9.17, 15) is 0 Å². The van der Waals surface area contributed by atoms with E-state index >= 15 is 0 Å².